The second-order valence-corrected chi connectivity index (χ2v) is 20.5. The van der Waals surface area contributed by atoms with Crippen LogP contribution in [0.5, 0.6) is 0 Å². The quantitative estimate of drug-likeness (QED) is 0.0345. The minimum atomic E-state index is -4.43. The van der Waals surface area contributed by atoms with Gasteiger partial charge in [0.2, 0.25) is 5.69 Å². The third-order valence-electron chi connectivity index (χ3n) is 13.7. The first-order valence-electron chi connectivity index (χ1n) is 23.9. The average Bonchev–Trinajstić information content (AvgIpc) is 3.66. The normalized spacial score (nSPS) is 17.5. The van der Waals surface area contributed by atoms with Gasteiger partial charge in [-0.2, -0.15) is 13.0 Å². The molecule has 0 atom stereocenters. The smallest absolute Gasteiger partial charge is 0.305 e. The fourth-order valence-electron chi connectivity index (χ4n) is 9.75. The molecule has 0 unspecified atom stereocenters. The lowest BCUT2D eigenvalue weighted by Gasteiger charge is -2.28. The molecule has 68 heavy (non-hydrogen) atoms. The van der Waals surface area contributed by atoms with Gasteiger partial charge < -0.3 is 24.4 Å². The van der Waals surface area contributed by atoms with E-state index in [1.807, 2.05) is 24.3 Å². The van der Waals surface area contributed by atoms with Crippen molar-refractivity contribution in [3.05, 3.63) is 130 Å². The molecule has 12 nitrogen and oxygen atoms in total. The average molecular weight is 949 g/mol. The summed E-state index contributed by atoms with van der Waals surface area (Å²) in [6.07, 6.45) is 18.1. The van der Waals surface area contributed by atoms with Crippen LogP contribution < -0.4 is 10.2 Å². The molecular weight excluding hydrogens is 879 g/mol. The molecule has 13 heteroatoms. The molecule has 0 fully saturated rings. The van der Waals surface area contributed by atoms with Gasteiger partial charge in [0.1, 0.15) is 6.54 Å². The zero-order valence-corrected chi connectivity index (χ0v) is 42.0. The van der Waals surface area contributed by atoms with E-state index in [4.69, 9.17) is 14.2 Å². The topological polar surface area (TPSA) is 152 Å². The van der Waals surface area contributed by atoms with Crippen LogP contribution in [0.25, 0.3) is 0 Å². The molecule has 0 radical (unpaired) electrons. The fraction of sp³-hybridized carbons (Fsp3) is 0.455. The van der Waals surface area contributed by atoms with Crippen LogP contribution in [-0.2, 0) is 56.0 Å². The second kappa shape index (κ2) is 22.5. The van der Waals surface area contributed by atoms with E-state index in [0.717, 1.165) is 97.4 Å². The van der Waals surface area contributed by atoms with Gasteiger partial charge in [0, 0.05) is 78.1 Å². The summed E-state index contributed by atoms with van der Waals surface area (Å²) < 4.78 is 51.6. The van der Waals surface area contributed by atoms with E-state index < -0.39 is 15.5 Å². The predicted octanol–water partition coefficient (Wildman–Crippen LogP) is 10.9. The minimum absolute atomic E-state index is 0.143. The van der Waals surface area contributed by atoms with Crippen LogP contribution in [0.4, 0.5) is 17.1 Å². The first-order chi connectivity index (χ1) is 32.4. The molecule has 0 spiro atoms. The number of carbonyl (C=O) groups excluding carboxylic acids is 3. The number of rotatable bonds is 21. The number of nitrogens with zero attached hydrogens (tertiary/aromatic N) is 2. The van der Waals surface area contributed by atoms with Crippen molar-refractivity contribution in [1.82, 2.24) is 0 Å². The van der Waals surface area contributed by atoms with Crippen molar-refractivity contribution in [2.24, 2.45) is 0 Å². The third kappa shape index (κ3) is 12.3. The number of ether oxygens (including phenoxy) is 3. The van der Waals surface area contributed by atoms with Crippen LogP contribution in [0.2, 0.25) is 0 Å². The highest BCUT2D eigenvalue weighted by molar-refractivity contribution is 7.85. The summed E-state index contributed by atoms with van der Waals surface area (Å²) in [5.41, 5.74) is 12.0. The fourth-order valence-corrected chi connectivity index (χ4v) is 10.3. The standard InChI is InChI=1S/C55H69N3O9S/c1-38-20-29-46-44(36-38)54(2,3)48(57(46)34-13-9-11-18-50(59)65-6)31-24-40-16-15-17-41(53(40)56-42-26-21-39(22-27-42)23-33-52(61)67-8)25-32-49-55(4,5)45-37-43(68(62,63)64)28-30-47(45)58(49)35-14-10-12-19-51(60)66-7/h20-22,24-32,36-37H,9-19,23,33-35H2,1-8H3,(H,62,63,64)/p+1. The predicted molar refractivity (Wildman–Crippen MR) is 268 cm³/mol. The van der Waals surface area contributed by atoms with Gasteiger partial charge >= 0.3 is 17.9 Å². The summed E-state index contributed by atoms with van der Waals surface area (Å²) in [5.74, 6) is -0.660. The summed E-state index contributed by atoms with van der Waals surface area (Å²) in [4.78, 5) is 37.9. The van der Waals surface area contributed by atoms with Gasteiger partial charge in [0.25, 0.3) is 10.1 Å². The number of hydrogen-bond acceptors (Lipinski definition) is 10. The van der Waals surface area contributed by atoms with E-state index in [0.29, 0.717) is 38.6 Å². The van der Waals surface area contributed by atoms with Crippen LogP contribution in [0.1, 0.15) is 127 Å². The zero-order chi connectivity index (χ0) is 49.2. The number of anilines is 2. The Balaban J connectivity index is 1.41. The van der Waals surface area contributed by atoms with Crippen LogP contribution in [0.15, 0.2) is 112 Å². The van der Waals surface area contributed by atoms with E-state index in [1.54, 1.807) is 12.1 Å². The number of allylic oxidation sites excluding steroid dienone is 7. The lowest BCUT2D eigenvalue weighted by atomic mass is 9.81. The largest absolute Gasteiger partial charge is 0.469 e. The summed E-state index contributed by atoms with van der Waals surface area (Å²) in [6, 6.07) is 19.7. The van der Waals surface area contributed by atoms with Crippen molar-refractivity contribution in [3.63, 3.8) is 0 Å². The SMILES string of the molecule is COC(=O)CCCCCN1C(=CC=C2CCCC(C=CC3=[N+](CCCCCC(=O)OC)c4ccc(S(=O)(=O)O)cc4C3(C)C)=C2Nc2ccc(CCC(=O)OC)cc2)C(C)(C)c2cc(C)ccc21. The highest BCUT2D eigenvalue weighted by atomic mass is 32.2. The minimum Gasteiger partial charge on any atom is -0.469 e. The first kappa shape index (κ1) is 51.6. The molecule has 3 aliphatic rings. The van der Waals surface area contributed by atoms with Gasteiger partial charge in [-0.3, -0.25) is 18.9 Å². The van der Waals surface area contributed by atoms with Gasteiger partial charge in [-0.15, -0.1) is 0 Å². The maximum Gasteiger partial charge on any atom is 0.305 e. The van der Waals surface area contributed by atoms with E-state index in [2.05, 4.69) is 91.9 Å². The number of hydrogen-bond donors (Lipinski definition) is 2. The Morgan fingerprint density at radius 2 is 1.41 bits per heavy atom. The molecule has 3 aromatic carbocycles. The van der Waals surface area contributed by atoms with Crippen LogP contribution in [0.3, 0.4) is 0 Å². The lowest BCUT2D eigenvalue weighted by molar-refractivity contribution is -0.438. The van der Waals surface area contributed by atoms with Crippen molar-refractivity contribution in [3.8, 4) is 0 Å². The molecule has 6 rings (SSSR count). The van der Waals surface area contributed by atoms with E-state index in [-0.39, 0.29) is 28.2 Å². The van der Waals surface area contributed by atoms with Crippen LogP contribution in [0, 0.1) is 6.92 Å². The monoisotopic (exact) mass is 948 g/mol. The van der Waals surface area contributed by atoms with E-state index in [9.17, 15) is 27.4 Å². The molecule has 2 N–H and O–H groups in total. The molecule has 0 bridgehead atoms. The Labute approximate surface area is 403 Å². The molecule has 2 heterocycles. The van der Waals surface area contributed by atoms with E-state index in [1.165, 1.54) is 55.5 Å². The van der Waals surface area contributed by atoms with Gasteiger partial charge in [-0.25, -0.2) is 0 Å². The first-order valence-corrected chi connectivity index (χ1v) is 25.4. The molecule has 3 aromatic rings. The summed E-state index contributed by atoms with van der Waals surface area (Å²) >= 11 is 0. The Morgan fingerprint density at radius 1 is 0.750 bits per heavy atom. The van der Waals surface area contributed by atoms with Crippen LogP contribution in [-0.4, -0.2) is 75.6 Å². The molecule has 0 amide bonds. The number of benzene rings is 3. The van der Waals surface area contributed by atoms with Gasteiger partial charge in [-0.1, -0.05) is 62.2 Å². The van der Waals surface area contributed by atoms with E-state index >= 15 is 0 Å². The van der Waals surface area contributed by atoms with Crippen molar-refractivity contribution in [2.75, 3.05) is 44.6 Å². The zero-order valence-electron chi connectivity index (χ0n) is 41.2. The van der Waals surface area contributed by atoms with Gasteiger partial charge in [0.15, 0.2) is 5.71 Å². The van der Waals surface area contributed by atoms with Gasteiger partial charge in [0.05, 0.1) is 31.6 Å². The molecule has 0 saturated heterocycles. The summed E-state index contributed by atoms with van der Waals surface area (Å²) in [7, 11) is -0.203. The number of nitrogens with one attached hydrogen (secondary N) is 1. The highest BCUT2D eigenvalue weighted by Gasteiger charge is 2.45. The Morgan fingerprint density at radius 3 is 2.07 bits per heavy atom. The maximum atomic E-state index is 12.4. The lowest BCUT2D eigenvalue weighted by Crippen LogP contribution is -2.28. The Bertz CT molecular complexity index is 2630. The number of fused-ring (bicyclic) bond motifs is 2. The molecule has 0 aromatic heterocycles. The summed E-state index contributed by atoms with van der Waals surface area (Å²) in [5, 5.41) is 3.82. The van der Waals surface area contributed by atoms with Crippen LogP contribution >= 0.6 is 0 Å². The number of unbranched alkanes of at least 4 members (excludes halogenated alkanes) is 4. The van der Waals surface area contributed by atoms with Crippen molar-refractivity contribution < 1.29 is 46.1 Å². The number of carbonyl (C=O) groups is 3. The number of aryl methyl sites for hydroxylation is 2. The molecule has 364 valence electrons. The van der Waals surface area contributed by atoms with Gasteiger partial charge in [-0.05, 0) is 131 Å². The van der Waals surface area contributed by atoms with Crippen molar-refractivity contribution in [2.45, 2.75) is 134 Å². The molecule has 0 saturated carbocycles. The van der Waals surface area contributed by atoms with Crippen molar-refractivity contribution >= 4 is 50.8 Å². The Kier molecular flexibility index (Phi) is 17.1. The third-order valence-corrected chi connectivity index (χ3v) is 14.5. The Hall–Kier alpha value is -5.79. The highest BCUT2D eigenvalue weighted by Crippen LogP contribution is 2.49. The molecular formula is C55H70N3O9S+. The maximum absolute atomic E-state index is 12.4. The summed E-state index contributed by atoms with van der Waals surface area (Å²) in [6.45, 7) is 12.3. The number of methoxy groups -OCH3 is 3. The number of esters is 3. The second-order valence-electron chi connectivity index (χ2n) is 19.1. The molecule has 1 aliphatic carbocycles. The molecule has 2 aliphatic heterocycles. The van der Waals surface area contributed by atoms with Crippen molar-refractivity contribution in [1.29, 1.82) is 0 Å².